The van der Waals surface area contributed by atoms with Gasteiger partial charge in [-0.05, 0) is 58.4 Å². The fraction of sp³-hybridized carbons (Fsp3) is 0.938. The average molecular weight is 263 g/mol. The lowest BCUT2D eigenvalue weighted by molar-refractivity contribution is 0.162. The highest BCUT2D eigenvalue weighted by molar-refractivity contribution is 5.15. The molecule has 0 spiro atoms. The molecule has 0 aromatic heterocycles. The number of rotatable bonds is 6. The molecule has 3 unspecified atom stereocenters. The van der Waals surface area contributed by atoms with Crippen LogP contribution in [0.3, 0.4) is 0 Å². The molecule has 0 aromatic rings. The summed E-state index contributed by atoms with van der Waals surface area (Å²) in [7, 11) is 2.24. The molecule has 0 radical (unpaired) electrons. The van der Waals surface area contributed by atoms with Crippen molar-refractivity contribution in [3.8, 4) is 6.07 Å². The molecule has 3 heteroatoms. The molecule has 0 aromatic carbocycles. The molecule has 2 aliphatic carbocycles. The van der Waals surface area contributed by atoms with Crippen LogP contribution >= 0.6 is 0 Å². The number of nitriles is 1. The fourth-order valence-electron chi connectivity index (χ4n) is 3.46. The van der Waals surface area contributed by atoms with Crippen molar-refractivity contribution >= 4 is 0 Å². The van der Waals surface area contributed by atoms with E-state index in [1.807, 2.05) is 0 Å². The van der Waals surface area contributed by atoms with E-state index in [1.54, 1.807) is 0 Å². The van der Waals surface area contributed by atoms with E-state index in [0.29, 0.717) is 18.1 Å². The Balaban J connectivity index is 1.90. The minimum atomic E-state index is -0.238. The third-order valence-electron chi connectivity index (χ3n) is 4.84. The minimum Gasteiger partial charge on any atom is -0.301 e. The average Bonchev–Trinajstić information content (AvgIpc) is 3.05. The molecule has 0 aliphatic heterocycles. The van der Waals surface area contributed by atoms with Gasteiger partial charge >= 0.3 is 0 Å². The predicted molar refractivity (Wildman–Crippen MR) is 78.8 cm³/mol. The van der Waals surface area contributed by atoms with Gasteiger partial charge in [0.05, 0.1) is 6.07 Å². The van der Waals surface area contributed by atoms with Gasteiger partial charge in [0.1, 0.15) is 5.54 Å². The molecular formula is C16H29N3. The second-order valence-corrected chi connectivity index (χ2v) is 7.15. The highest BCUT2D eigenvalue weighted by Crippen LogP contribution is 2.36. The van der Waals surface area contributed by atoms with Crippen molar-refractivity contribution in [2.24, 2.45) is 5.92 Å². The highest BCUT2D eigenvalue weighted by Gasteiger charge is 2.44. The molecule has 108 valence electrons. The molecular weight excluding hydrogens is 234 g/mol. The van der Waals surface area contributed by atoms with Gasteiger partial charge in [0, 0.05) is 18.1 Å². The van der Waals surface area contributed by atoms with E-state index in [4.69, 9.17) is 0 Å². The SMILES string of the molecule is CC(C)CC(C)N(C)C1CCC(C#N)(NC2CC2)C1. The maximum absolute atomic E-state index is 9.55. The van der Waals surface area contributed by atoms with Crippen molar-refractivity contribution in [3.05, 3.63) is 0 Å². The third-order valence-corrected chi connectivity index (χ3v) is 4.84. The standard InChI is InChI=1S/C16H29N3/c1-12(2)9-13(3)19(4)15-7-8-16(10-15,11-17)18-14-5-6-14/h12-15,18H,5-10H2,1-4H3. The Morgan fingerprint density at radius 3 is 2.53 bits per heavy atom. The molecule has 2 rings (SSSR count). The van der Waals surface area contributed by atoms with Gasteiger partial charge in [0.25, 0.3) is 0 Å². The molecule has 0 saturated heterocycles. The van der Waals surface area contributed by atoms with Gasteiger partial charge in [0.2, 0.25) is 0 Å². The lowest BCUT2D eigenvalue weighted by atomic mass is 9.98. The first-order valence-corrected chi connectivity index (χ1v) is 7.86. The number of nitrogens with one attached hydrogen (secondary N) is 1. The van der Waals surface area contributed by atoms with E-state index in [-0.39, 0.29) is 5.54 Å². The van der Waals surface area contributed by atoms with Gasteiger partial charge in [-0.1, -0.05) is 13.8 Å². The van der Waals surface area contributed by atoms with Crippen LogP contribution in [-0.4, -0.2) is 35.6 Å². The molecule has 0 amide bonds. The van der Waals surface area contributed by atoms with Crippen molar-refractivity contribution in [3.63, 3.8) is 0 Å². The summed E-state index contributed by atoms with van der Waals surface area (Å²) in [6.45, 7) is 6.89. The molecule has 3 nitrogen and oxygen atoms in total. The van der Waals surface area contributed by atoms with Crippen LogP contribution in [0.5, 0.6) is 0 Å². The van der Waals surface area contributed by atoms with Crippen molar-refractivity contribution < 1.29 is 0 Å². The Morgan fingerprint density at radius 2 is 2.00 bits per heavy atom. The molecule has 3 atom stereocenters. The molecule has 0 heterocycles. The molecule has 2 fully saturated rings. The summed E-state index contributed by atoms with van der Waals surface area (Å²) in [5.74, 6) is 0.740. The second kappa shape index (κ2) is 5.81. The van der Waals surface area contributed by atoms with Gasteiger partial charge in [-0.25, -0.2) is 0 Å². The first-order chi connectivity index (χ1) is 8.96. The summed E-state index contributed by atoms with van der Waals surface area (Å²) in [5.41, 5.74) is -0.238. The maximum atomic E-state index is 9.55. The Kier molecular flexibility index (Phi) is 4.53. The largest absolute Gasteiger partial charge is 0.301 e. The summed E-state index contributed by atoms with van der Waals surface area (Å²) >= 11 is 0. The summed E-state index contributed by atoms with van der Waals surface area (Å²) < 4.78 is 0. The van der Waals surface area contributed by atoms with Gasteiger partial charge in [-0.15, -0.1) is 0 Å². The third kappa shape index (κ3) is 3.70. The first-order valence-electron chi connectivity index (χ1n) is 7.86. The highest BCUT2D eigenvalue weighted by atomic mass is 15.2. The minimum absolute atomic E-state index is 0.238. The topological polar surface area (TPSA) is 39.1 Å². The van der Waals surface area contributed by atoms with Gasteiger partial charge in [-0.2, -0.15) is 5.26 Å². The lowest BCUT2D eigenvalue weighted by Crippen LogP contribution is -2.45. The smallest absolute Gasteiger partial charge is 0.108 e. The summed E-state index contributed by atoms with van der Waals surface area (Å²) in [6.07, 6.45) is 6.93. The molecule has 19 heavy (non-hydrogen) atoms. The molecule has 2 aliphatic rings. The summed E-state index contributed by atoms with van der Waals surface area (Å²) in [6, 6.07) is 4.38. The lowest BCUT2D eigenvalue weighted by Gasteiger charge is -2.32. The van der Waals surface area contributed by atoms with Crippen LogP contribution in [0.1, 0.15) is 59.3 Å². The quantitative estimate of drug-likeness (QED) is 0.801. The van der Waals surface area contributed by atoms with Gasteiger partial charge < -0.3 is 4.90 Å². The van der Waals surface area contributed by atoms with Crippen molar-refractivity contribution in [1.82, 2.24) is 10.2 Å². The van der Waals surface area contributed by atoms with Crippen molar-refractivity contribution in [1.29, 1.82) is 5.26 Å². The van der Waals surface area contributed by atoms with Gasteiger partial charge in [0.15, 0.2) is 0 Å². The number of hydrogen-bond acceptors (Lipinski definition) is 3. The van der Waals surface area contributed by atoms with Crippen LogP contribution in [0, 0.1) is 17.2 Å². The predicted octanol–water partition coefficient (Wildman–Crippen LogP) is 2.92. The van der Waals surface area contributed by atoms with Crippen LogP contribution in [0.25, 0.3) is 0 Å². The van der Waals surface area contributed by atoms with Crippen LogP contribution in [0.4, 0.5) is 0 Å². The first kappa shape index (κ1) is 14.8. The van der Waals surface area contributed by atoms with E-state index in [2.05, 4.69) is 44.1 Å². The van der Waals surface area contributed by atoms with Crippen LogP contribution < -0.4 is 5.32 Å². The Bertz CT molecular complexity index is 342. The molecule has 2 saturated carbocycles. The van der Waals surface area contributed by atoms with Crippen LogP contribution in [0.2, 0.25) is 0 Å². The van der Waals surface area contributed by atoms with E-state index >= 15 is 0 Å². The Morgan fingerprint density at radius 1 is 1.32 bits per heavy atom. The molecule has 0 bridgehead atoms. The fourth-order valence-corrected chi connectivity index (χ4v) is 3.46. The van der Waals surface area contributed by atoms with Crippen molar-refractivity contribution in [2.75, 3.05) is 7.05 Å². The Hall–Kier alpha value is -0.590. The second-order valence-electron chi connectivity index (χ2n) is 7.15. The summed E-state index contributed by atoms with van der Waals surface area (Å²) in [4.78, 5) is 2.51. The van der Waals surface area contributed by atoms with E-state index in [0.717, 1.165) is 25.2 Å². The molecule has 1 N–H and O–H groups in total. The zero-order valence-corrected chi connectivity index (χ0v) is 12.9. The van der Waals surface area contributed by atoms with E-state index < -0.39 is 0 Å². The zero-order valence-electron chi connectivity index (χ0n) is 12.9. The zero-order chi connectivity index (χ0) is 14.0. The van der Waals surface area contributed by atoms with Crippen molar-refractivity contribution in [2.45, 2.75) is 83.0 Å². The van der Waals surface area contributed by atoms with E-state index in [1.165, 1.54) is 19.3 Å². The summed E-state index contributed by atoms with van der Waals surface area (Å²) in [5, 5.41) is 13.1. The van der Waals surface area contributed by atoms with E-state index in [9.17, 15) is 5.26 Å². The maximum Gasteiger partial charge on any atom is 0.108 e. The number of nitrogens with zero attached hydrogens (tertiary/aromatic N) is 2. The van der Waals surface area contributed by atoms with Gasteiger partial charge in [-0.3, -0.25) is 5.32 Å². The van der Waals surface area contributed by atoms with Crippen LogP contribution in [-0.2, 0) is 0 Å². The van der Waals surface area contributed by atoms with Crippen LogP contribution in [0.15, 0.2) is 0 Å². The monoisotopic (exact) mass is 263 g/mol. The number of hydrogen-bond donors (Lipinski definition) is 1. The normalized spacial score (nSPS) is 32.8. The Labute approximate surface area is 118 Å².